The maximum atomic E-state index is 6.39. The van der Waals surface area contributed by atoms with Crippen LogP contribution in [-0.4, -0.2) is 41.7 Å². The molecule has 0 spiro atoms. The molecule has 2 unspecified atom stereocenters. The summed E-state index contributed by atoms with van der Waals surface area (Å²) in [6.07, 6.45) is 12.1. The van der Waals surface area contributed by atoms with Gasteiger partial charge in [0, 0.05) is 0 Å². The van der Waals surface area contributed by atoms with Crippen molar-refractivity contribution >= 4 is 17.2 Å². The first-order valence-corrected chi connectivity index (χ1v) is 10.5. The van der Waals surface area contributed by atoms with E-state index in [1.807, 2.05) is 0 Å². The van der Waals surface area contributed by atoms with Gasteiger partial charge < -0.3 is 0 Å². The second-order valence-corrected chi connectivity index (χ2v) is 7.86. The number of likely N-dealkylation sites (tertiary alicyclic amines) is 1. The van der Waals surface area contributed by atoms with Gasteiger partial charge in [0.15, 0.2) is 0 Å². The molecule has 2 atom stereocenters. The normalized spacial score (nSPS) is 23.5. The number of piperidine rings is 1. The van der Waals surface area contributed by atoms with Gasteiger partial charge in [0.2, 0.25) is 0 Å². The van der Waals surface area contributed by atoms with Crippen molar-refractivity contribution in [1.82, 2.24) is 4.90 Å². The molecule has 2 nitrogen and oxygen atoms in total. The van der Waals surface area contributed by atoms with Crippen LogP contribution in [0, 0.1) is 5.92 Å². The van der Waals surface area contributed by atoms with Gasteiger partial charge in [0.1, 0.15) is 0 Å². The van der Waals surface area contributed by atoms with Crippen molar-refractivity contribution in [3.05, 3.63) is 35.9 Å². The van der Waals surface area contributed by atoms with Crippen LogP contribution >= 0.6 is 0 Å². The molecule has 0 N–H and O–H groups in total. The molecule has 128 valence electrons. The van der Waals surface area contributed by atoms with Crippen molar-refractivity contribution in [3.8, 4) is 0 Å². The molecule has 1 aliphatic carbocycles. The van der Waals surface area contributed by atoms with Crippen LogP contribution in [0.3, 0.4) is 0 Å². The minimum absolute atomic E-state index is 0.0564. The van der Waals surface area contributed by atoms with Crippen LogP contribution < -0.4 is 0 Å². The summed E-state index contributed by atoms with van der Waals surface area (Å²) < 4.78 is 6.39. The number of hydrogen-bond donors (Lipinski definition) is 0. The van der Waals surface area contributed by atoms with E-state index in [1.165, 1.54) is 93.8 Å². The van der Waals surface area contributed by atoms with E-state index in [0.717, 1.165) is 6.42 Å². The molecule has 1 heterocycles. The van der Waals surface area contributed by atoms with Crippen LogP contribution in [0.4, 0.5) is 0 Å². The quantitative estimate of drug-likeness (QED) is 0.697. The molecular weight excluding hydrogens is 345 g/mol. The SMILES string of the molecule is [AsH2]OC(CCN1CCCCC1)(c1ccccc1)C1CCCCC1. The Balaban J connectivity index is 1.79. The molecule has 2 aliphatic rings. The van der Waals surface area contributed by atoms with Crippen LogP contribution in [0.5, 0.6) is 0 Å². The molecule has 1 aromatic carbocycles. The van der Waals surface area contributed by atoms with Crippen LogP contribution in [0.2, 0.25) is 0 Å². The van der Waals surface area contributed by atoms with Crippen LogP contribution in [0.15, 0.2) is 30.3 Å². The third kappa shape index (κ3) is 4.21. The first-order chi connectivity index (χ1) is 11.3. The number of hydrogen-bond acceptors (Lipinski definition) is 2. The van der Waals surface area contributed by atoms with Crippen LogP contribution in [0.25, 0.3) is 0 Å². The number of benzene rings is 1. The molecule has 1 aromatic rings. The summed E-state index contributed by atoms with van der Waals surface area (Å²) in [5, 5.41) is 0. The maximum absolute atomic E-state index is 6.39. The van der Waals surface area contributed by atoms with Crippen molar-refractivity contribution in [1.29, 1.82) is 0 Å². The summed E-state index contributed by atoms with van der Waals surface area (Å²) in [4.78, 5) is 2.66. The Morgan fingerprint density at radius 2 is 1.61 bits per heavy atom. The van der Waals surface area contributed by atoms with Gasteiger partial charge >= 0.3 is 151 Å². The second-order valence-electron chi connectivity index (χ2n) is 7.36. The predicted molar refractivity (Wildman–Crippen MR) is 99.2 cm³/mol. The second kappa shape index (κ2) is 8.69. The Hall–Kier alpha value is -0.302. The van der Waals surface area contributed by atoms with E-state index in [9.17, 15) is 0 Å². The molecular formula is C20H32AsNO. The fourth-order valence-electron chi connectivity index (χ4n) is 4.60. The van der Waals surface area contributed by atoms with Crippen molar-refractivity contribution in [2.45, 2.75) is 63.4 Å². The van der Waals surface area contributed by atoms with Crippen molar-refractivity contribution in [2.75, 3.05) is 19.6 Å². The van der Waals surface area contributed by atoms with E-state index in [1.54, 1.807) is 0 Å². The zero-order valence-corrected chi connectivity index (χ0v) is 16.8. The third-order valence-corrected chi connectivity index (χ3v) is 6.87. The van der Waals surface area contributed by atoms with Gasteiger partial charge in [-0.3, -0.25) is 0 Å². The van der Waals surface area contributed by atoms with Gasteiger partial charge in [-0.2, -0.15) is 0 Å². The fraction of sp³-hybridized carbons (Fsp3) is 0.700. The summed E-state index contributed by atoms with van der Waals surface area (Å²) in [6, 6.07) is 11.1. The Morgan fingerprint density at radius 1 is 0.957 bits per heavy atom. The summed E-state index contributed by atoms with van der Waals surface area (Å²) in [7, 11) is 0. The number of nitrogens with zero attached hydrogens (tertiary/aromatic N) is 1. The summed E-state index contributed by atoms with van der Waals surface area (Å²) in [5.41, 5.74) is 1.35. The van der Waals surface area contributed by atoms with Gasteiger partial charge in [-0.05, 0) is 0 Å². The zero-order valence-electron chi connectivity index (χ0n) is 14.4. The average Bonchev–Trinajstić information content (AvgIpc) is 2.65. The molecule has 0 bridgehead atoms. The van der Waals surface area contributed by atoms with Crippen molar-refractivity contribution in [3.63, 3.8) is 0 Å². The van der Waals surface area contributed by atoms with E-state index in [4.69, 9.17) is 3.73 Å². The molecule has 1 saturated heterocycles. The first kappa shape index (κ1) is 17.5. The molecule has 1 aliphatic heterocycles. The van der Waals surface area contributed by atoms with E-state index in [0.29, 0.717) is 5.92 Å². The van der Waals surface area contributed by atoms with E-state index in [2.05, 4.69) is 35.2 Å². The Kier molecular flexibility index (Phi) is 6.62. The van der Waals surface area contributed by atoms with E-state index in [-0.39, 0.29) is 5.60 Å². The molecule has 0 aromatic heterocycles. The molecule has 0 radical (unpaired) electrons. The monoisotopic (exact) mass is 377 g/mol. The van der Waals surface area contributed by atoms with Crippen LogP contribution in [-0.2, 0) is 9.33 Å². The fourth-order valence-corrected chi connectivity index (χ4v) is 5.54. The average molecular weight is 377 g/mol. The van der Waals surface area contributed by atoms with Gasteiger partial charge in [0.25, 0.3) is 0 Å². The van der Waals surface area contributed by atoms with Crippen molar-refractivity contribution in [2.24, 2.45) is 5.92 Å². The molecule has 23 heavy (non-hydrogen) atoms. The molecule has 0 amide bonds. The van der Waals surface area contributed by atoms with Crippen molar-refractivity contribution < 1.29 is 3.73 Å². The Morgan fingerprint density at radius 3 is 2.26 bits per heavy atom. The van der Waals surface area contributed by atoms with E-state index < -0.39 is 0 Å². The van der Waals surface area contributed by atoms with Gasteiger partial charge in [-0.25, -0.2) is 0 Å². The molecule has 3 rings (SSSR count). The topological polar surface area (TPSA) is 12.5 Å². The third-order valence-electron chi connectivity index (χ3n) is 5.99. The standard InChI is InChI=1S/C20H32AsNO/c21-23-20(18-10-4-1-5-11-18,19-12-6-2-7-13-19)14-17-22-15-8-3-9-16-22/h1,4-5,10-11,19H,2-3,6-9,12-17,21H2. The summed E-state index contributed by atoms with van der Waals surface area (Å²) >= 11 is 1.44. The number of rotatable bonds is 6. The van der Waals surface area contributed by atoms with Gasteiger partial charge in [-0.15, -0.1) is 0 Å². The van der Waals surface area contributed by atoms with Crippen LogP contribution in [0.1, 0.15) is 63.4 Å². The minimum atomic E-state index is -0.0564. The molecule has 2 fully saturated rings. The summed E-state index contributed by atoms with van der Waals surface area (Å²) in [5.74, 6) is 0.690. The van der Waals surface area contributed by atoms with E-state index >= 15 is 0 Å². The first-order valence-electron chi connectivity index (χ1n) is 9.51. The Bertz CT molecular complexity index is 454. The zero-order chi connectivity index (χ0) is 16.0. The molecule has 3 heteroatoms. The molecule has 1 saturated carbocycles. The predicted octanol–water partition coefficient (Wildman–Crippen LogP) is 3.90. The van der Waals surface area contributed by atoms with Gasteiger partial charge in [0.05, 0.1) is 0 Å². The Labute approximate surface area is 150 Å². The summed E-state index contributed by atoms with van der Waals surface area (Å²) in [6.45, 7) is 3.75. The van der Waals surface area contributed by atoms with Gasteiger partial charge in [-0.1, -0.05) is 0 Å².